The van der Waals surface area contributed by atoms with Crippen LogP contribution in [-0.4, -0.2) is 148 Å². The predicted molar refractivity (Wildman–Crippen MR) is 349 cm³/mol. The van der Waals surface area contributed by atoms with E-state index in [0.29, 0.717) is 25.7 Å². The highest BCUT2D eigenvalue weighted by molar-refractivity contribution is 7.47. The van der Waals surface area contributed by atoms with Crippen molar-refractivity contribution in [1.29, 1.82) is 0 Å². The Morgan fingerprint density at radius 2 is 0.920 bits per heavy atom. The van der Waals surface area contributed by atoms with Crippen molar-refractivity contribution in [2.24, 2.45) is 0 Å². The number of phosphoric acid groups is 2. The number of phosphoric ester groups is 2. The Labute approximate surface area is 534 Å². The van der Waals surface area contributed by atoms with Crippen molar-refractivity contribution in [2.45, 2.75) is 358 Å². The molecule has 0 saturated carbocycles. The third-order valence-electron chi connectivity index (χ3n) is 17.1. The van der Waals surface area contributed by atoms with Gasteiger partial charge in [0.25, 0.3) is 0 Å². The molecule has 0 bridgehead atoms. The number of carbonyl (C=O) groups excluding carboxylic acids is 1. The van der Waals surface area contributed by atoms with Crippen molar-refractivity contribution < 1.29 is 85.2 Å². The molecule has 5 N–H and O–H groups in total. The van der Waals surface area contributed by atoms with Gasteiger partial charge in [0.1, 0.15) is 48.8 Å². The predicted octanol–water partition coefficient (Wildman–Crippen LogP) is 16.0. The van der Waals surface area contributed by atoms with Crippen LogP contribution in [0.3, 0.4) is 0 Å². The van der Waals surface area contributed by atoms with Gasteiger partial charge in [-0.05, 0) is 57.8 Å². The number of ether oxygens (including phenoxy) is 8. The molecule has 88 heavy (non-hydrogen) atoms. The van der Waals surface area contributed by atoms with E-state index in [-0.39, 0.29) is 44.9 Å². The Hall–Kier alpha value is -0.930. The van der Waals surface area contributed by atoms with Crippen molar-refractivity contribution >= 4 is 21.6 Å². The van der Waals surface area contributed by atoms with Gasteiger partial charge in [0.05, 0.1) is 19.3 Å². The van der Waals surface area contributed by atoms with Gasteiger partial charge in [0, 0.05) is 47.6 Å². The normalized spacial score (nSPS) is 23.7. The van der Waals surface area contributed by atoms with E-state index < -0.39 is 83.6 Å². The van der Waals surface area contributed by atoms with Crippen LogP contribution in [0.15, 0.2) is 12.2 Å². The second-order valence-electron chi connectivity index (χ2n) is 24.8. The highest BCUT2D eigenvalue weighted by atomic mass is 31.2. The summed E-state index contributed by atoms with van der Waals surface area (Å²) in [7, 11) is -5.84. The van der Waals surface area contributed by atoms with Gasteiger partial charge in [-0.2, -0.15) is 0 Å². The highest BCUT2D eigenvalue weighted by Gasteiger charge is 2.53. The van der Waals surface area contributed by atoms with Crippen LogP contribution in [0.25, 0.3) is 0 Å². The van der Waals surface area contributed by atoms with Crippen molar-refractivity contribution in [1.82, 2.24) is 5.32 Å². The number of methoxy groups -OCH3 is 2. The van der Waals surface area contributed by atoms with Gasteiger partial charge in [-0.3, -0.25) is 18.4 Å². The zero-order chi connectivity index (χ0) is 64.4. The third kappa shape index (κ3) is 40.3. The summed E-state index contributed by atoms with van der Waals surface area (Å²) in [5.41, 5.74) is 0. The van der Waals surface area contributed by atoms with Crippen LogP contribution < -0.4 is 5.32 Å². The number of unbranched alkanes of at least 4 members (excludes halogenated alkanes) is 33. The number of aliphatic hydroxyl groups is 1. The van der Waals surface area contributed by atoms with Crippen LogP contribution in [-0.2, 0) is 65.4 Å². The van der Waals surface area contributed by atoms with Crippen LogP contribution in [0.1, 0.15) is 291 Å². The van der Waals surface area contributed by atoms with E-state index >= 15 is 0 Å². The van der Waals surface area contributed by atoms with E-state index in [1.165, 1.54) is 110 Å². The average Bonchev–Trinajstić information content (AvgIpc) is 2.11. The molecule has 0 radical (unpaired) electrons. The van der Waals surface area contributed by atoms with Gasteiger partial charge in [-0.1, -0.05) is 239 Å². The van der Waals surface area contributed by atoms with Crippen molar-refractivity contribution in [3.63, 3.8) is 0 Å². The highest BCUT2D eigenvalue weighted by Crippen LogP contribution is 2.47. The Balaban J connectivity index is 2.43. The lowest BCUT2D eigenvalue weighted by Gasteiger charge is -2.47. The average molecular weight is 1300 g/mol. The summed E-state index contributed by atoms with van der Waals surface area (Å²) in [5, 5.41) is 15.4. The molecule has 21 heteroatoms. The Morgan fingerprint density at radius 3 is 1.41 bits per heavy atom. The second-order valence-corrected chi connectivity index (χ2v) is 27.5. The number of hydrogen-bond donors (Lipinski definition) is 5. The molecule has 0 aromatic heterocycles. The molecule has 1 amide bonds. The topological polar surface area (TPSA) is 246 Å². The van der Waals surface area contributed by atoms with Crippen molar-refractivity contribution in [2.75, 3.05) is 54.4 Å². The van der Waals surface area contributed by atoms with Crippen molar-refractivity contribution in [3.05, 3.63) is 12.2 Å². The fourth-order valence-electron chi connectivity index (χ4n) is 11.7. The molecule has 2 aliphatic heterocycles. The number of carbonyl (C=O) groups is 1. The maximum absolute atomic E-state index is 14.2. The third-order valence-corrected chi connectivity index (χ3v) is 18.5. The minimum Gasteiger partial charge on any atom is -0.387 e. The Kier molecular flexibility index (Phi) is 51.3. The fourth-order valence-corrected chi connectivity index (χ4v) is 12.8. The summed E-state index contributed by atoms with van der Waals surface area (Å²) in [4.78, 5) is 45.7. The fraction of sp³-hybridized carbons (Fsp3) is 0.955. The summed E-state index contributed by atoms with van der Waals surface area (Å²) < 4.78 is 92.5. The maximum Gasteiger partial charge on any atom is 0.474 e. The van der Waals surface area contributed by atoms with Crippen LogP contribution in [0, 0.1) is 0 Å². The second kappa shape index (κ2) is 54.3. The molecule has 2 rings (SSSR count). The Bertz CT molecular complexity index is 1750. The maximum atomic E-state index is 14.2. The molecule has 0 aliphatic carbocycles. The molecule has 2 aliphatic rings. The Morgan fingerprint density at radius 1 is 0.477 bits per heavy atom. The molecule has 19 nitrogen and oxygen atoms in total. The van der Waals surface area contributed by atoms with E-state index in [9.17, 15) is 33.7 Å². The number of aliphatic hydroxyl groups excluding tert-OH is 1. The molecule has 0 aromatic carbocycles. The lowest BCUT2D eigenvalue weighted by Crippen LogP contribution is -2.67. The molecule has 0 spiro atoms. The summed E-state index contributed by atoms with van der Waals surface area (Å²) in [5.74, 6) is -0.359. The summed E-state index contributed by atoms with van der Waals surface area (Å²) in [6, 6.07) is -1.22. The summed E-state index contributed by atoms with van der Waals surface area (Å²) in [6.07, 6.45) is 36.0. The molecule has 2 saturated heterocycles. The van der Waals surface area contributed by atoms with Gasteiger partial charge in [0.2, 0.25) is 5.91 Å². The van der Waals surface area contributed by atoms with Gasteiger partial charge in [-0.15, -0.1) is 0 Å². The number of amides is 1. The molecule has 2 heterocycles. The largest absolute Gasteiger partial charge is 0.474 e. The molecule has 522 valence electrons. The quantitative estimate of drug-likeness (QED) is 0.0216. The number of hydrogen-bond acceptors (Lipinski definition) is 15. The number of rotatable bonds is 61. The molecule has 2 fully saturated rings. The standard InChI is InChI=1S/C67H131NO18P2/c1-8-12-16-20-23-26-29-30-31-32-33-34-37-41-45-49-59(69)68-60-63(81-53-50-56(77-6)48-44-40-19-15-11-4)62(85-87(71,72)73)58(54-76-5)84-66(60)82-55-57-61(70)64(79-51-46-42-38-35-27-24-21-17-13-9-2)65(67(83-57)86-88(74,75)78-7)80-52-47-43-39-36-28-25-22-18-14-10-3/h26,29,56-58,60-67,70H,8-25,27-28,30-55H2,1-7H3,(H,68,69)(H,74,75)(H2,71,72,73)/b29-26-/t56-,57-,58-,60-,61-,62-,63-,64+,65-,66-,67-/m1/s1. The van der Waals surface area contributed by atoms with E-state index in [0.717, 1.165) is 136 Å². The minimum atomic E-state index is -5.22. The van der Waals surface area contributed by atoms with E-state index in [1.54, 1.807) is 7.11 Å². The van der Waals surface area contributed by atoms with Crippen LogP contribution >= 0.6 is 15.6 Å². The first-order valence-corrected chi connectivity index (χ1v) is 38.4. The number of nitrogens with one attached hydrogen (secondary N) is 1. The van der Waals surface area contributed by atoms with Gasteiger partial charge in [0.15, 0.2) is 12.6 Å². The molecule has 12 atom stereocenters. The monoisotopic (exact) mass is 1300 g/mol. The SMILES string of the molecule is CCCCCC/C=C\CCCCCCCCCC(=O)N[C@H]1[C@H](OC[C@H]2O[C@H](OP(=O)(O)OC)[C@H](OCCCCCCCCCCCC)[C@@H](OCCCCCCCCCCCC)[C@@H]2O)O[C@H](COC)[C@@H](OP(=O)(O)O)[C@@H]1OCC[C@@H](CCCCCCC)OC. The van der Waals surface area contributed by atoms with Crippen molar-refractivity contribution in [3.8, 4) is 0 Å². The first kappa shape index (κ1) is 83.2. The van der Waals surface area contributed by atoms with Gasteiger partial charge >= 0.3 is 15.6 Å². The lowest BCUT2D eigenvalue weighted by atomic mass is 9.95. The van der Waals surface area contributed by atoms with E-state index in [2.05, 4.69) is 45.2 Å². The molecule has 1 unspecified atom stereocenters. The van der Waals surface area contributed by atoms with Crippen LogP contribution in [0.2, 0.25) is 0 Å². The zero-order valence-electron chi connectivity index (χ0n) is 56.4. The molecular formula is C67H131NO18P2. The van der Waals surface area contributed by atoms with Gasteiger partial charge in [-0.25, -0.2) is 9.13 Å². The first-order valence-electron chi connectivity index (χ1n) is 35.4. The smallest absolute Gasteiger partial charge is 0.387 e. The first-order chi connectivity index (χ1) is 42.7. The summed E-state index contributed by atoms with van der Waals surface area (Å²) >= 11 is 0. The molecule has 0 aromatic rings. The zero-order valence-corrected chi connectivity index (χ0v) is 58.2. The minimum absolute atomic E-state index is 0.0655. The van der Waals surface area contributed by atoms with E-state index in [4.69, 9.17) is 51.5 Å². The van der Waals surface area contributed by atoms with Crippen LogP contribution in [0.5, 0.6) is 0 Å². The number of allylic oxidation sites excluding steroid dienone is 2. The lowest BCUT2D eigenvalue weighted by molar-refractivity contribution is -0.319. The van der Waals surface area contributed by atoms with E-state index in [1.807, 2.05) is 0 Å². The van der Waals surface area contributed by atoms with Gasteiger partial charge < -0.3 is 63.0 Å². The molecular weight excluding hydrogens is 1170 g/mol. The summed E-state index contributed by atoms with van der Waals surface area (Å²) in [6.45, 7) is 8.76. The van der Waals surface area contributed by atoms with Crippen LogP contribution in [0.4, 0.5) is 0 Å².